The van der Waals surface area contributed by atoms with E-state index in [4.69, 9.17) is 18.3 Å². The van der Waals surface area contributed by atoms with Crippen molar-refractivity contribution >= 4 is 40.0 Å². The number of hydrogen-bond donors (Lipinski definition) is 3. The van der Waals surface area contributed by atoms with E-state index < -0.39 is 27.8 Å². The van der Waals surface area contributed by atoms with Gasteiger partial charge in [0.1, 0.15) is 0 Å². The van der Waals surface area contributed by atoms with Gasteiger partial charge in [-0.05, 0) is 225 Å². The van der Waals surface area contributed by atoms with E-state index in [2.05, 4.69) is 81.6 Å². The number of aliphatic hydroxyl groups is 3. The smallest absolute Gasteiger partial charge is 1.00 e. The van der Waals surface area contributed by atoms with Gasteiger partial charge in [0.05, 0.1) is 23.7 Å². The monoisotopic (exact) mass is 1030 g/mol. The molecule has 0 spiro atoms. The summed E-state index contributed by atoms with van der Waals surface area (Å²) >= 11 is 0. The molecule has 7 rings (SSSR count). The van der Waals surface area contributed by atoms with Crippen molar-refractivity contribution in [2.45, 2.75) is 278 Å². The third-order valence-corrected chi connectivity index (χ3v) is 29.9. The molecule has 0 aromatic heterocycles. The average molecular weight is 1030 g/mol. The van der Waals surface area contributed by atoms with Gasteiger partial charge in [0.25, 0.3) is 0 Å². The van der Waals surface area contributed by atoms with Gasteiger partial charge < -0.3 is 35.1 Å². The van der Waals surface area contributed by atoms with Gasteiger partial charge in [0, 0.05) is 32.0 Å². The Bertz CT molecular complexity index is 1630. The first kappa shape index (κ1) is 65.1. The van der Waals surface area contributed by atoms with Crippen LogP contribution in [0, 0.1) is 57.2 Å². The van der Waals surface area contributed by atoms with E-state index in [0.717, 1.165) is 51.7 Å². The quantitative estimate of drug-likeness (QED) is 0.0975. The van der Waals surface area contributed by atoms with Gasteiger partial charge in [-0.3, -0.25) is 4.79 Å². The van der Waals surface area contributed by atoms with E-state index >= 15 is 0 Å². The molecule has 8 nitrogen and oxygen atoms in total. The minimum absolute atomic E-state index is 0. The number of carbonyl (C=O) groups excluding carboxylic acids is 1. The van der Waals surface area contributed by atoms with Gasteiger partial charge in [-0.25, -0.2) is 0 Å². The molecule has 6 aliphatic carbocycles. The van der Waals surface area contributed by atoms with Crippen LogP contribution < -0.4 is 18.9 Å². The van der Waals surface area contributed by atoms with E-state index in [9.17, 15) is 20.1 Å². The molecule has 12 atom stereocenters. The maximum absolute atomic E-state index is 12.9. The molecule has 1 heterocycles. The molecule has 6 saturated carbocycles. The SMILES string of the molecule is C1CCOC1.CC(C)(O)CCCC1(C2CCC3[C@@H](O[Si](C)(C)C(C)(C)C)CCC[C@@]32C)CC1CO.CCOC(=O)C1CC1(CCCC(C)(C)O)C1CCC2[C@@H](O[Si](C)(C)C(C)(C)C)CCC[C@@]21C.[AlH3].[H-].[Li+]. The standard InChI is InChI=1S/C28H52O4Si.C26H50O3Si.C4H8O.Al.Li.4H/c1-10-31-24(29)21-19-28(21,18-12-16-26(5,6)30)23-15-14-20-22(13-11-17-27(20,23)7)32-33(8,9)25(2,3)4;1-23(2,3)30(7,8)29-21-11-9-15-25(6)20(21)12-13-22(25)26(17-19(26)18-27)16-10-14-24(4,5)28;1-2-4-5-3-1;;;;;;/h20-23,30H,10-19H2,1-9H3;19-22,27-28H,9-18H2,1-8H3;1-4H2;;;;;;/q;;;;+1;;;;-1/t20?,21?,22-,23?,27-,28?;19?,20?,21-,22?,25-,26?;;;;;;;/m00......./s1. The molecule has 70 heavy (non-hydrogen) atoms. The first-order valence-corrected chi connectivity index (χ1v) is 34.2. The zero-order valence-corrected chi connectivity index (χ0v) is 50.5. The molecule has 406 valence electrons. The van der Waals surface area contributed by atoms with Crippen LogP contribution in [0.2, 0.25) is 36.3 Å². The maximum atomic E-state index is 12.9. The van der Waals surface area contributed by atoms with Crippen molar-refractivity contribution in [3.63, 3.8) is 0 Å². The van der Waals surface area contributed by atoms with Crippen LogP contribution in [0.3, 0.4) is 0 Å². The van der Waals surface area contributed by atoms with Crippen LogP contribution in [0.1, 0.15) is 220 Å². The van der Waals surface area contributed by atoms with Gasteiger partial charge in [0.2, 0.25) is 0 Å². The summed E-state index contributed by atoms with van der Waals surface area (Å²) in [5.74, 6) is 3.06. The molecule has 0 aromatic rings. The molecule has 0 radical (unpaired) electrons. The number of esters is 1. The molecule has 0 amide bonds. The fourth-order valence-corrected chi connectivity index (χ4v) is 17.8. The molecule has 0 aromatic carbocycles. The molecule has 0 bridgehead atoms. The van der Waals surface area contributed by atoms with Crippen molar-refractivity contribution in [1.82, 2.24) is 0 Å². The van der Waals surface area contributed by atoms with Crippen LogP contribution in [0.5, 0.6) is 0 Å². The van der Waals surface area contributed by atoms with Gasteiger partial charge in [-0.2, -0.15) is 0 Å². The summed E-state index contributed by atoms with van der Waals surface area (Å²) in [6.45, 7) is 41.1. The van der Waals surface area contributed by atoms with Gasteiger partial charge in [0.15, 0.2) is 34.0 Å². The average Bonchev–Trinajstić information content (AvgIpc) is 3.77. The first-order valence-electron chi connectivity index (χ1n) is 28.4. The summed E-state index contributed by atoms with van der Waals surface area (Å²) in [6, 6.07) is 0. The van der Waals surface area contributed by atoms with Crippen LogP contribution in [-0.4, -0.2) is 105 Å². The van der Waals surface area contributed by atoms with E-state index in [-0.39, 0.29) is 70.4 Å². The predicted molar refractivity (Wildman–Crippen MR) is 297 cm³/mol. The summed E-state index contributed by atoms with van der Waals surface area (Å²) in [4.78, 5) is 12.9. The van der Waals surface area contributed by atoms with Crippen molar-refractivity contribution in [3.05, 3.63) is 0 Å². The number of ether oxygens (including phenoxy) is 2. The Balaban J connectivity index is 0.000000427. The summed E-state index contributed by atoms with van der Waals surface area (Å²) < 4.78 is 24.6. The summed E-state index contributed by atoms with van der Waals surface area (Å²) in [5.41, 5.74) is -0.280. The Morgan fingerprint density at radius 1 is 0.657 bits per heavy atom. The van der Waals surface area contributed by atoms with Crippen LogP contribution in [0.4, 0.5) is 0 Å². The molecule has 1 saturated heterocycles. The first-order chi connectivity index (χ1) is 31.2. The molecule has 3 N–H and O–H groups in total. The second-order valence-corrected chi connectivity index (χ2v) is 38.3. The Morgan fingerprint density at radius 3 is 1.41 bits per heavy atom. The fraction of sp³-hybridized carbons (Fsp3) is 0.983. The largest absolute Gasteiger partial charge is 1.00 e. The Kier molecular flexibility index (Phi) is 22.9. The topological polar surface area (TPSA) is 115 Å². The molecule has 12 heteroatoms. The molecular formula is C58H114AlLiO8Si2. The summed E-state index contributed by atoms with van der Waals surface area (Å²) in [7, 11) is -3.59. The van der Waals surface area contributed by atoms with Crippen LogP contribution >= 0.6 is 0 Å². The third-order valence-electron chi connectivity index (χ3n) is 20.9. The maximum Gasteiger partial charge on any atom is 1.00 e. The number of fused-ring (bicyclic) bond motifs is 2. The summed E-state index contributed by atoms with van der Waals surface area (Å²) in [5, 5.41) is 31.1. The van der Waals surface area contributed by atoms with Crippen LogP contribution in [-0.2, 0) is 23.1 Å². The van der Waals surface area contributed by atoms with E-state index in [1.165, 1.54) is 89.9 Å². The molecular weight excluding hydrogens is 915 g/mol. The molecule has 1 aliphatic heterocycles. The van der Waals surface area contributed by atoms with Gasteiger partial charge in [-0.1, -0.05) is 81.1 Å². The van der Waals surface area contributed by atoms with Crippen LogP contribution in [0.15, 0.2) is 0 Å². The van der Waals surface area contributed by atoms with E-state index in [1.807, 2.05) is 34.6 Å². The summed E-state index contributed by atoms with van der Waals surface area (Å²) in [6.07, 6.45) is 23.9. The van der Waals surface area contributed by atoms with Gasteiger partial charge >= 0.3 is 24.8 Å². The van der Waals surface area contributed by atoms with Crippen molar-refractivity contribution < 1.29 is 58.7 Å². The van der Waals surface area contributed by atoms with Crippen molar-refractivity contribution in [2.75, 3.05) is 26.4 Å². The molecule has 7 fully saturated rings. The second kappa shape index (κ2) is 24.6. The Labute approximate surface area is 457 Å². The van der Waals surface area contributed by atoms with Gasteiger partial charge in [-0.15, -0.1) is 0 Å². The van der Waals surface area contributed by atoms with Crippen molar-refractivity contribution in [1.29, 1.82) is 0 Å². The number of aliphatic hydroxyl groups excluding tert-OH is 1. The Hall–Kier alpha value is 0.794. The minimum Gasteiger partial charge on any atom is -1.00 e. The van der Waals surface area contributed by atoms with E-state index in [1.54, 1.807) is 0 Å². The van der Waals surface area contributed by atoms with E-state index in [0.29, 0.717) is 65.8 Å². The van der Waals surface area contributed by atoms with Crippen molar-refractivity contribution in [3.8, 4) is 0 Å². The second-order valence-electron chi connectivity index (χ2n) is 28.8. The molecule has 7 aliphatic rings. The minimum atomic E-state index is -1.82. The number of hydrogen-bond acceptors (Lipinski definition) is 8. The third kappa shape index (κ3) is 15.1. The number of carbonyl (C=O) groups is 1. The zero-order valence-electron chi connectivity index (χ0n) is 49.5. The van der Waals surface area contributed by atoms with Crippen molar-refractivity contribution in [2.24, 2.45) is 57.2 Å². The number of rotatable bonds is 17. The van der Waals surface area contributed by atoms with Crippen LogP contribution in [0.25, 0.3) is 0 Å². The normalized spacial score (nSPS) is 36.2. The molecule has 8 unspecified atom stereocenters. The fourth-order valence-electron chi connectivity index (χ4n) is 15.0. The predicted octanol–water partition coefficient (Wildman–Crippen LogP) is 10.4. The zero-order chi connectivity index (χ0) is 51.0. The Morgan fingerprint density at radius 2 is 1.07 bits per heavy atom.